The molecule has 0 rings (SSSR count). The third-order valence-electron chi connectivity index (χ3n) is 0.451. The van der Waals surface area contributed by atoms with E-state index < -0.39 is 21.6 Å². The third-order valence-corrected chi connectivity index (χ3v) is 1.35. The number of hydrogen-bond donors (Lipinski definition) is 1. The van der Waals surface area contributed by atoms with Crippen LogP contribution in [0.3, 0.4) is 0 Å². The van der Waals surface area contributed by atoms with E-state index in [-0.39, 0.29) is 29.6 Å². The summed E-state index contributed by atoms with van der Waals surface area (Å²) in [6.45, 7) is 0. The van der Waals surface area contributed by atoms with Crippen molar-refractivity contribution in [2.45, 2.75) is 0 Å². The standard InChI is InChI=1S/C3H5ClO4S.Na/c4-1-3(5)2-9(6,7)8;/h1,5H,2H2,(H,6,7,8);/q;+1/p-1. The average molecular weight is 195 g/mol. The molecule has 7 heteroatoms. The van der Waals surface area contributed by atoms with Crippen molar-refractivity contribution in [2.24, 2.45) is 0 Å². The molecule has 0 saturated heterocycles. The van der Waals surface area contributed by atoms with Crippen LogP contribution in [0.5, 0.6) is 0 Å². The molecule has 0 heterocycles. The van der Waals surface area contributed by atoms with E-state index in [1.54, 1.807) is 0 Å². The quantitative estimate of drug-likeness (QED) is 0.292. The number of rotatable bonds is 2. The molecular weight excluding hydrogens is 191 g/mol. The summed E-state index contributed by atoms with van der Waals surface area (Å²) in [6.07, 6.45) is 0. The van der Waals surface area contributed by atoms with Gasteiger partial charge in [-0.2, -0.15) is 0 Å². The molecule has 0 aliphatic rings. The van der Waals surface area contributed by atoms with Gasteiger partial charge in [0, 0.05) is 5.54 Å². The van der Waals surface area contributed by atoms with Crippen LogP contribution in [0.1, 0.15) is 0 Å². The largest absolute Gasteiger partial charge is 1.00 e. The van der Waals surface area contributed by atoms with Gasteiger partial charge in [-0.15, -0.1) is 0 Å². The van der Waals surface area contributed by atoms with Gasteiger partial charge < -0.3 is 9.66 Å². The Labute approximate surface area is 85.9 Å². The molecule has 1 N–H and O–H groups in total. The van der Waals surface area contributed by atoms with Gasteiger partial charge in [0.15, 0.2) is 0 Å². The van der Waals surface area contributed by atoms with Gasteiger partial charge in [0.1, 0.15) is 15.9 Å². The van der Waals surface area contributed by atoms with Gasteiger partial charge in [-0.25, -0.2) is 8.42 Å². The predicted molar refractivity (Wildman–Crippen MR) is 31.1 cm³/mol. The molecule has 0 bridgehead atoms. The van der Waals surface area contributed by atoms with Crippen LogP contribution < -0.4 is 29.6 Å². The predicted octanol–water partition coefficient (Wildman–Crippen LogP) is -2.83. The van der Waals surface area contributed by atoms with E-state index in [4.69, 9.17) is 16.7 Å². The zero-order chi connectivity index (χ0) is 7.49. The minimum absolute atomic E-state index is 0. The Morgan fingerprint density at radius 1 is 1.70 bits per heavy atom. The van der Waals surface area contributed by atoms with Gasteiger partial charge in [0.2, 0.25) is 0 Å². The van der Waals surface area contributed by atoms with Gasteiger partial charge in [-0.3, -0.25) is 0 Å². The van der Waals surface area contributed by atoms with E-state index in [9.17, 15) is 13.0 Å². The maximum atomic E-state index is 9.79. The molecule has 0 aromatic heterocycles. The summed E-state index contributed by atoms with van der Waals surface area (Å²) in [4.78, 5) is 0. The second kappa shape index (κ2) is 5.40. The first kappa shape index (κ1) is 13.3. The molecule has 0 aromatic carbocycles. The maximum absolute atomic E-state index is 9.79. The Morgan fingerprint density at radius 2 is 2.10 bits per heavy atom. The molecule has 0 atom stereocenters. The molecule has 0 aromatic rings. The zero-order valence-electron chi connectivity index (χ0n) is 5.24. The molecule has 4 nitrogen and oxygen atoms in total. The van der Waals surface area contributed by atoms with Crippen LogP contribution in [0.25, 0.3) is 0 Å². The Bertz CT molecular complexity index is 209. The van der Waals surface area contributed by atoms with Gasteiger partial charge in [-0.05, 0) is 0 Å². The summed E-state index contributed by atoms with van der Waals surface area (Å²) in [7, 11) is -4.39. The van der Waals surface area contributed by atoms with Crippen LogP contribution in [-0.2, 0) is 10.1 Å². The summed E-state index contributed by atoms with van der Waals surface area (Å²) in [5, 5.41) is 8.34. The topological polar surface area (TPSA) is 77.4 Å². The van der Waals surface area contributed by atoms with Gasteiger partial charge >= 0.3 is 29.6 Å². The molecule has 0 aliphatic heterocycles. The molecule has 0 saturated carbocycles. The van der Waals surface area contributed by atoms with Gasteiger partial charge in [0.25, 0.3) is 0 Å². The maximum Gasteiger partial charge on any atom is 1.00 e. The van der Waals surface area contributed by atoms with Crippen molar-refractivity contribution in [3.63, 3.8) is 0 Å². The van der Waals surface area contributed by atoms with Crippen molar-refractivity contribution >= 4 is 21.7 Å². The smallest absolute Gasteiger partial charge is 0.748 e. The first-order chi connectivity index (χ1) is 3.95. The number of aliphatic hydroxyl groups is 1. The van der Waals surface area contributed by atoms with E-state index in [1.165, 1.54) is 0 Å². The molecule has 10 heavy (non-hydrogen) atoms. The molecule has 0 spiro atoms. The monoisotopic (exact) mass is 194 g/mol. The summed E-state index contributed by atoms with van der Waals surface area (Å²) in [6, 6.07) is 0. The Balaban J connectivity index is 0. The fraction of sp³-hybridized carbons (Fsp3) is 0.333. The summed E-state index contributed by atoms with van der Waals surface area (Å²) >= 11 is 4.84. The van der Waals surface area contributed by atoms with Crippen molar-refractivity contribution < 1.29 is 47.6 Å². The van der Waals surface area contributed by atoms with Gasteiger partial charge in [-0.1, -0.05) is 11.6 Å². The van der Waals surface area contributed by atoms with Crippen molar-refractivity contribution in [1.29, 1.82) is 0 Å². The summed E-state index contributed by atoms with van der Waals surface area (Å²) in [5.41, 5.74) is 0.634. The zero-order valence-corrected chi connectivity index (χ0v) is 8.82. The molecule has 0 unspecified atom stereocenters. The normalized spacial score (nSPS) is 12.4. The van der Waals surface area contributed by atoms with Crippen LogP contribution in [0.4, 0.5) is 0 Å². The van der Waals surface area contributed by atoms with E-state index in [0.717, 1.165) is 0 Å². The van der Waals surface area contributed by atoms with Crippen molar-refractivity contribution in [3.05, 3.63) is 11.3 Å². The van der Waals surface area contributed by atoms with Crippen LogP contribution in [0, 0.1) is 0 Å². The molecule has 0 aliphatic carbocycles. The second-order valence-electron chi connectivity index (χ2n) is 1.30. The fourth-order valence-electron chi connectivity index (χ4n) is 0.213. The molecule has 54 valence electrons. The molecule has 0 radical (unpaired) electrons. The first-order valence-electron chi connectivity index (χ1n) is 1.87. The molecule has 0 fully saturated rings. The van der Waals surface area contributed by atoms with E-state index >= 15 is 0 Å². The third kappa shape index (κ3) is 8.74. The second-order valence-corrected chi connectivity index (χ2v) is 2.92. The SMILES string of the molecule is O=S(=O)([O-])CC(O)=CCl.[Na+]. The number of hydrogen-bond acceptors (Lipinski definition) is 4. The summed E-state index contributed by atoms with van der Waals surface area (Å²) < 4.78 is 29.4. The van der Waals surface area contributed by atoms with Crippen LogP contribution in [0.2, 0.25) is 0 Å². The number of aliphatic hydroxyl groups excluding tert-OH is 1. The Kier molecular flexibility index (Phi) is 7.20. The van der Waals surface area contributed by atoms with Crippen LogP contribution in [-0.4, -0.2) is 23.8 Å². The van der Waals surface area contributed by atoms with Crippen molar-refractivity contribution in [2.75, 3.05) is 5.75 Å². The van der Waals surface area contributed by atoms with E-state index in [1.807, 2.05) is 0 Å². The van der Waals surface area contributed by atoms with Crippen molar-refractivity contribution in [1.82, 2.24) is 0 Å². The van der Waals surface area contributed by atoms with Gasteiger partial charge in [0.05, 0.1) is 5.75 Å². The van der Waals surface area contributed by atoms with Crippen molar-refractivity contribution in [3.8, 4) is 0 Å². The molecule has 0 amide bonds. The Morgan fingerprint density at radius 3 is 2.20 bits per heavy atom. The van der Waals surface area contributed by atoms with Crippen LogP contribution in [0.15, 0.2) is 11.3 Å². The first-order valence-corrected chi connectivity index (χ1v) is 3.89. The molecular formula is C3H4ClNaO4S. The van der Waals surface area contributed by atoms with E-state index in [2.05, 4.69) is 0 Å². The average Bonchev–Trinajstić information content (AvgIpc) is 1.62. The minimum atomic E-state index is -4.39. The fourth-order valence-corrected chi connectivity index (χ4v) is 0.827. The Hall–Kier alpha value is 0.740. The van der Waals surface area contributed by atoms with E-state index in [0.29, 0.717) is 5.54 Å². The minimum Gasteiger partial charge on any atom is -0.748 e. The number of halogens is 1. The van der Waals surface area contributed by atoms with Crippen LogP contribution >= 0.6 is 11.6 Å². The summed E-state index contributed by atoms with van der Waals surface area (Å²) in [5.74, 6) is -1.59.